The van der Waals surface area contributed by atoms with Gasteiger partial charge >= 0.3 is 5.63 Å². The van der Waals surface area contributed by atoms with E-state index in [1.54, 1.807) is 13.2 Å². The van der Waals surface area contributed by atoms with Crippen molar-refractivity contribution < 1.29 is 13.9 Å². The van der Waals surface area contributed by atoms with Gasteiger partial charge in [0, 0.05) is 29.9 Å². The van der Waals surface area contributed by atoms with E-state index in [-0.39, 0.29) is 18.7 Å². The smallest absolute Gasteiger partial charge is 0.339 e. The fourth-order valence-corrected chi connectivity index (χ4v) is 4.15. The largest absolute Gasteiger partial charge is 0.497 e. The normalized spacial score (nSPS) is 10.9. The second-order valence-corrected chi connectivity index (χ2v) is 8.13. The summed E-state index contributed by atoms with van der Waals surface area (Å²) in [7, 11) is 1.56. The van der Waals surface area contributed by atoms with Gasteiger partial charge in [-0.3, -0.25) is 4.79 Å². The summed E-state index contributed by atoms with van der Waals surface area (Å²) in [5.41, 5.74) is 2.47. The number of hydrogen-bond donors (Lipinski definition) is 1. The fourth-order valence-electron chi connectivity index (χ4n) is 3.36. The van der Waals surface area contributed by atoms with Gasteiger partial charge < -0.3 is 14.5 Å². The first kappa shape index (κ1) is 20.7. The Morgan fingerprint density at radius 3 is 2.74 bits per heavy atom. The second-order valence-electron chi connectivity index (χ2n) is 7.07. The van der Waals surface area contributed by atoms with Crippen LogP contribution in [0.1, 0.15) is 28.1 Å². The molecule has 0 radical (unpaired) electrons. The predicted octanol–water partition coefficient (Wildman–Crippen LogP) is 4.12. The van der Waals surface area contributed by atoms with Crippen LogP contribution in [0.4, 0.5) is 5.13 Å². The van der Waals surface area contributed by atoms with Crippen LogP contribution in [0.5, 0.6) is 5.75 Å². The summed E-state index contributed by atoms with van der Waals surface area (Å²) in [4.78, 5) is 24.8. The SMILES string of the molecule is COc1ccc2c(C)c(CCC(=O)Nc3nnc(Cc4ccccc4)s3)c(=O)oc2c1. The van der Waals surface area contributed by atoms with Gasteiger partial charge in [0.25, 0.3) is 0 Å². The van der Waals surface area contributed by atoms with E-state index in [2.05, 4.69) is 15.5 Å². The third-order valence-electron chi connectivity index (χ3n) is 5.01. The molecule has 0 aliphatic rings. The second kappa shape index (κ2) is 9.09. The average molecular weight is 436 g/mol. The summed E-state index contributed by atoms with van der Waals surface area (Å²) < 4.78 is 10.6. The Labute approximate surface area is 182 Å². The lowest BCUT2D eigenvalue weighted by atomic mass is 10.0. The molecule has 4 rings (SSSR count). The van der Waals surface area contributed by atoms with Crippen LogP contribution >= 0.6 is 11.3 Å². The number of nitrogens with one attached hydrogen (secondary N) is 1. The van der Waals surface area contributed by atoms with Gasteiger partial charge in [0.15, 0.2) is 0 Å². The Kier molecular flexibility index (Phi) is 6.08. The zero-order chi connectivity index (χ0) is 21.8. The summed E-state index contributed by atoms with van der Waals surface area (Å²) in [6, 6.07) is 15.3. The molecule has 1 amide bonds. The molecule has 0 saturated heterocycles. The topological polar surface area (TPSA) is 94.3 Å². The van der Waals surface area contributed by atoms with Crippen molar-refractivity contribution >= 4 is 33.3 Å². The highest BCUT2D eigenvalue weighted by Gasteiger charge is 2.15. The first-order valence-corrected chi connectivity index (χ1v) is 10.6. The number of rotatable bonds is 7. The van der Waals surface area contributed by atoms with Crippen molar-refractivity contribution in [2.75, 3.05) is 12.4 Å². The molecule has 0 saturated carbocycles. The number of anilines is 1. The van der Waals surface area contributed by atoms with Crippen LogP contribution in [0.15, 0.2) is 57.7 Å². The number of fused-ring (bicyclic) bond motifs is 1. The van der Waals surface area contributed by atoms with Gasteiger partial charge in [-0.25, -0.2) is 4.79 Å². The molecule has 0 aliphatic carbocycles. The van der Waals surface area contributed by atoms with Crippen LogP contribution in [0.25, 0.3) is 11.0 Å². The molecular weight excluding hydrogens is 414 g/mol. The molecule has 0 spiro atoms. The number of aryl methyl sites for hydroxylation is 1. The minimum Gasteiger partial charge on any atom is -0.497 e. The van der Waals surface area contributed by atoms with Gasteiger partial charge in [0.1, 0.15) is 16.3 Å². The Balaban J connectivity index is 1.41. The lowest BCUT2D eigenvalue weighted by Gasteiger charge is -2.08. The van der Waals surface area contributed by atoms with Crippen molar-refractivity contribution in [1.82, 2.24) is 10.2 Å². The Hall–Kier alpha value is -3.52. The van der Waals surface area contributed by atoms with Crippen molar-refractivity contribution in [3.8, 4) is 5.75 Å². The number of nitrogens with zero attached hydrogens (tertiary/aromatic N) is 2. The summed E-state index contributed by atoms with van der Waals surface area (Å²) in [5, 5.41) is 13.0. The third-order valence-corrected chi connectivity index (χ3v) is 5.85. The number of amides is 1. The quantitative estimate of drug-likeness (QED) is 0.439. The highest BCUT2D eigenvalue weighted by Crippen LogP contribution is 2.25. The van der Waals surface area contributed by atoms with E-state index in [0.29, 0.717) is 28.4 Å². The van der Waals surface area contributed by atoms with E-state index in [1.165, 1.54) is 11.3 Å². The maximum Gasteiger partial charge on any atom is 0.339 e. The van der Waals surface area contributed by atoms with Gasteiger partial charge in [0.2, 0.25) is 11.0 Å². The lowest BCUT2D eigenvalue weighted by Crippen LogP contribution is -2.16. The Bertz CT molecular complexity index is 1280. The highest BCUT2D eigenvalue weighted by atomic mass is 32.1. The maximum absolute atomic E-state index is 12.4. The number of hydrogen-bond acceptors (Lipinski definition) is 7. The Morgan fingerprint density at radius 1 is 1.16 bits per heavy atom. The molecular formula is C23H21N3O4S. The molecule has 0 fully saturated rings. The van der Waals surface area contributed by atoms with Gasteiger partial charge in [-0.15, -0.1) is 10.2 Å². The molecule has 2 heterocycles. The molecule has 2 aromatic heterocycles. The molecule has 0 unspecified atom stereocenters. The van der Waals surface area contributed by atoms with Gasteiger partial charge in [-0.05, 0) is 36.6 Å². The van der Waals surface area contributed by atoms with Gasteiger partial charge in [0.05, 0.1) is 7.11 Å². The first-order chi connectivity index (χ1) is 15.0. The van der Waals surface area contributed by atoms with Crippen molar-refractivity contribution in [1.29, 1.82) is 0 Å². The number of carbonyl (C=O) groups is 1. The molecule has 0 aliphatic heterocycles. The molecule has 0 bridgehead atoms. The van der Waals surface area contributed by atoms with Crippen LogP contribution in [-0.2, 0) is 17.6 Å². The van der Waals surface area contributed by atoms with Gasteiger partial charge in [-0.1, -0.05) is 41.7 Å². The minimum absolute atomic E-state index is 0.140. The van der Waals surface area contributed by atoms with Crippen LogP contribution < -0.4 is 15.7 Å². The lowest BCUT2D eigenvalue weighted by molar-refractivity contribution is -0.116. The zero-order valence-electron chi connectivity index (χ0n) is 17.2. The van der Waals surface area contributed by atoms with Crippen molar-refractivity contribution in [3.63, 3.8) is 0 Å². The summed E-state index contributed by atoms with van der Waals surface area (Å²) in [5.74, 6) is 0.391. The number of carbonyl (C=O) groups excluding carboxylic acids is 1. The van der Waals surface area contributed by atoms with E-state index < -0.39 is 5.63 Å². The number of ether oxygens (including phenoxy) is 1. The van der Waals surface area contributed by atoms with Crippen molar-refractivity contribution in [2.45, 2.75) is 26.2 Å². The van der Waals surface area contributed by atoms with Crippen LogP contribution in [0, 0.1) is 6.92 Å². The molecule has 158 valence electrons. The van der Waals surface area contributed by atoms with E-state index in [9.17, 15) is 9.59 Å². The van der Waals surface area contributed by atoms with Crippen LogP contribution in [-0.4, -0.2) is 23.2 Å². The zero-order valence-corrected chi connectivity index (χ0v) is 18.0. The first-order valence-electron chi connectivity index (χ1n) is 9.80. The Morgan fingerprint density at radius 2 is 1.97 bits per heavy atom. The molecule has 0 atom stereocenters. The summed E-state index contributed by atoms with van der Waals surface area (Å²) in [6.45, 7) is 1.86. The highest BCUT2D eigenvalue weighted by molar-refractivity contribution is 7.15. The molecule has 1 N–H and O–H groups in total. The number of benzene rings is 2. The fraction of sp³-hybridized carbons (Fsp3) is 0.217. The average Bonchev–Trinajstić information content (AvgIpc) is 3.20. The minimum atomic E-state index is -0.438. The molecule has 8 heteroatoms. The summed E-state index contributed by atoms with van der Waals surface area (Å²) in [6.07, 6.45) is 1.08. The predicted molar refractivity (Wildman–Crippen MR) is 120 cm³/mol. The van der Waals surface area contributed by atoms with E-state index in [1.807, 2.05) is 49.4 Å². The molecule has 7 nitrogen and oxygen atoms in total. The number of aromatic nitrogens is 2. The van der Waals surface area contributed by atoms with E-state index >= 15 is 0 Å². The molecule has 31 heavy (non-hydrogen) atoms. The third kappa shape index (κ3) is 4.80. The van der Waals surface area contributed by atoms with Crippen molar-refractivity contribution in [2.24, 2.45) is 0 Å². The molecule has 2 aromatic carbocycles. The van der Waals surface area contributed by atoms with E-state index in [4.69, 9.17) is 9.15 Å². The van der Waals surface area contributed by atoms with Crippen molar-refractivity contribution in [3.05, 3.63) is 80.6 Å². The number of methoxy groups -OCH3 is 1. The maximum atomic E-state index is 12.4. The van der Waals surface area contributed by atoms with E-state index in [0.717, 1.165) is 21.5 Å². The standard InChI is InChI=1S/C23H21N3O4S/c1-14-17-9-8-16(29-2)13-19(17)30-22(28)18(14)10-11-20(27)24-23-26-25-21(31-23)12-15-6-4-3-5-7-15/h3-9,13H,10-12H2,1-2H3,(H,24,26,27). The monoisotopic (exact) mass is 435 g/mol. The van der Waals surface area contributed by atoms with Crippen LogP contribution in [0.2, 0.25) is 0 Å². The van der Waals surface area contributed by atoms with Crippen LogP contribution in [0.3, 0.4) is 0 Å². The molecule has 4 aromatic rings. The summed E-state index contributed by atoms with van der Waals surface area (Å²) >= 11 is 1.34. The van der Waals surface area contributed by atoms with Gasteiger partial charge in [-0.2, -0.15) is 0 Å².